The van der Waals surface area contributed by atoms with E-state index in [1.165, 1.54) is 25.7 Å². The number of guanidine groups is 1. The van der Waals surface area contributed by atoms with E-state index in [9.17, 15) is 4.79 Å². The molecule has 1 aromatic rings. The second-order valence-corrected chi connectivity index (χ2v) is 8.14. The van der Waals surface area contributed by atoms with E-state index in [0.29, 0.717) is 5.41 Å². The molecule has 0 saturated heterocycles. The van der Waals surface area contributed by atoms with Gasteiger partial charge in [-0.1, -0.05) is 18.9 Å². The Morgan fingerprint density at radius 1 is 1.21 bits per heavy atom. The van der Waals surface area contributed by atoms with Gasteiger partial charge in [0.25, 0.3) is 5.56 Å². The predicted molar refractivity (Wildman–Crippen MR) is 121 cm³/mol. The third-order valence-electron chi connectivity index (χ3n) is 5.93. The van der Waals surface area contributed by atoms with Crippen LogP contribution >= 0.6 is 0 Å². The molecule has 1 aliphatic carbocycles. The van der Waals surface area contributed by atoms with Gasteiger partial charge < -0.3 is 19.9 Å². The Hall–Kier alpha value is -1.82. The summed E-state index contributed by atoms with van der Waals surface area (Å²) < 4.78 is 7.46. The van der Waals surface area contributed by atoms with E-state index >= 15 is 0 Å². The predicted octanol–water partition coefficient (Wildman–Crippen LogP) is 3.48. The van der Waals surface area contributed by atoms with Crippen LogP contribution in [-0.2, 0) is 11.3 Å². The summed E-state index contributed by atoms with van der Waals surface area (Å²) in [5.74, 6) is 0.906. The standard InChI is InChI=1S/C23H40N4O2/c1-4-24-22(26-19-23(13-6-7-14-23)15-18-29-5-2)25-16-8-9-17-27-20(3)11-10-12-21(27)28/h10-12H,4-9,13-19H2,1-3H3,(H2,24,25,26). The lowest BCUT2D eigenvalue weighted by molar-refractivity contribution is 0.107. The Balaban J connectivity index is 1.80. The Morgan fingerprint density at radius 3 is 2.69 bits per heavy atom. The van der Waals surface area contributed by atoms with Crippen molar-refractivity contribution in [3.8, 4) is 0 Å². The number of hydrogen-bond acceptors (Lipinski definition) is 3. The van der Waals surface area contributed by atoms with Gasteiger partial charge in [0.05, 0.1) is 0 Å². The normalized spacial score (nSPS) is 16.2. The number of ether oxygens (including phenoxy) is 1. The van der Waals surface area contributed by atoms with Gasteiger partial charge in [0, 0.05) is 51.2 Å². The fraction of sp³-hybridized carbons (Fsp3) is 0.739. The molecule has 2 rings (SSSR count). The minimum atomic E-state index is 0.0850. The van der Waals surface area contributed by atoms with Gasteiger partial charge in [-0.05, 0) is 64.4 Å². The van der Waals surface area contributed by atoms with E-state index in [1.807, 2.05) is 23.6 Å². The van der Waals surface area contributed by atoms with Crippen molar-refractivity contribution in [2.45, 2.75) is 72.3 Å². The number of hydrogen-bond donors (Lipinski definition) is 2. The van der Waals surface area contributed by atoms with Crippen molar-refractivity contribution < 1.29 is 4.74 Å². The molecule has 0 amide bonds. The van der Waals surface area contributed by atoms with Crippen LogP contribution in [0.25, 0.3) is 0 Å². The molecule has 1 aromatic heterocycles. The maximum absolute atomic E-state index is 11.9. The summed E-state index contributed by atoms with van der Waals surface area (Å²) in [6.07, 6.45) is 8.21. The van der Waals surface area contributed by atoms with Gasteiger partial charge in [-0.2, -0.15) is 0 Å². The fourth-order valence-corrected chi connectivity index (χ4v) is 4.15. The number of aliphatic imine (C=N–C) groups is 1. The second-order valence-electron chi connectivity index (χ2n) is 8.14. The fourth-order valence-electron chi connectivity index (χ4n) is 4.15. The zero-order valence-electron chi connectivity index (χ0n) is 18.6. The summed E-state index contributed by atoms with van der Waals surface area (Å²) in [5.41, 5.74) is 1.42. The lowest BCUT2D eigenvalue weighted by Crippen LogP contribution is -2.39. The van der Waals surface area contributed by atoms with E-state index in [0.717, 1.165) is 70.3 Å². The quantitative estimate of drug-likeness (QED) is 0.318. The molecule has 2 N–H and O–H groups in total. The molecular weight excluding hydrogens is 364 g/mol. The highest BCUT2D eigenvalue weighted by Crippen LogP contribution is 2.41. The maximum atomic E-state index is 11.9. The molecule has 29 heavy (non-hydrogen) atoms. The monoisotopic (exact) mass is 404 g/mol. The molecule has 0 aromatic carbocycles. The molecule has 1 heterocycles. The van der Waals surface area contributed by atoms with Crippen LogP contribution < -0.4 is 16.2 Å². The zero-order valence-corrected chi connectivity index (χ0v) is 18.6. The van der Waals surface area contributed by atoms with Crippen molar-refractivity contribution >= 4 is 5.96 Å². The molecule has 1 aliphatic rings. The molecule has 0 spiro atoms. The van der Waals surface area contributed by atoms with Gasteiger partial charge in [0.1, 0.15) is 0 Å². The van der Waals surface area contributed by atoms with Gasteiger partial charge in [0.15, 0.2) is 5.96 Å². The number of pyridine rings is 1. The third kappa shape index (κ3) is 7.84. The molecule has 0 atom stereocenters. The van der Waals surface area contributed by atoms with Crippen molar-refractivity contribution in [2.24, 2.45) is 10.4 Å². The summed E-state index contributed by atoms with van der Waals surface area (Å²) in [6.45, 7) is 11.1. The zero-order chi connectivity index (χ0) is 21.0. The Kier molecular flexibility index (Phi) is 10.3. The number of aromatic nitrogens is 1. The van der Waals surface area contributed by atoms with Crippen LogP contribution in [0.15, 0.2) is 28.0 Å². The topological polar surface area (TPSA) is 67.7 Å². The molecule has 0 bridgehead atoms. The minimum absolute atomic E-state index is 0.0850. The average molecular weight is 405 g/mol. The van der Waals surface area contributed by atoms with Crippen LogP contribution in [0, 0.1) is 12.3 Å². The molecule has 164 valence electrons. The van der Waals surface area contributed by atoms with Crippen molar-refractivity contribution in [2.75, 3.05) is 32.8 Å². The van der Waals surface area contributed by atoms with Gasteiger partial charge >= 0.3 is 0 Å². The van der Waals surface area contributed by atoms with Crippen molar-refractivity contribution in [1.82, 2.24) is 15.2 Å². The van der Waals surface area contributed by atoms with E-state index in [2.05, 4.69) is 24.5 Å². The second kappa shape index (κ2) is 12.7. The van der Waals surface area contributed by atoms with Crippen molar-refractivity contribution in [3.63, 3.8) is 0 Å². The first-order valence-corrected chi connectivity index (χ1v) is 11.4. The first-order valence-electron chi connectivity index (χ1n) is 11.4. The summed E-state index contributed by atoms with van der Waals surface area (Å²) >= 11 is 0. The van der Waals surface area contributed by atoms with Crippen LogP contribution in [0.1, 0.15) is 64.5 Å². The third-order valence-corrected chi connectivity index (χ3v) is 5.93. The first kappa shape index (κ1) is 23.5. The first-order chi connectivity index (χ1) is 14.1. The van der Waals surface area contributed by atoms with Crippen LogP contribution in [0.4, 0.5) is 0 Å². The molecule has 6 nitrogen and oxygen atoms in total. The van der Waals surface area contributed by atoms with Crippen LogP contribution in [-0.4, -0.2) is 43.4 Å². The molecule has 0 unspecified atom stereocenters. The average Bonchev–Trinajstić information content (AvgIpc) is 3.17. The summed E-state index contributed by atoms with van der Waals surface area (Å²) in [4.78, 5) is 16.9. The van der Waals surface area contributed by atoms with E-state index < -0.39 is 0 Å². The van der Waals surface area contributed by atoms with E-state index in [4.69, 9.17) is 9.73 Å². The number of nitrogens with one attached hydrogen (secondary N) is 2. The highest BCUT2D eigenvalue weighted by molar-refractivity contribution is 5.79. The summed E-state index contributed by atoms with van der Waals surface area (Å²) in [7, 11) is 0. The highest BCUT2D eigenvalue weighted by Gasteiger charge is 2.33. The molecule has 0 aliphatic heterocycles. The molecule has 6 heteroatoms. The summed E-state index contributed by atoms with van der Waals surface area (Å²) in [5, 5.41) is 6.84. The van der Waals surface area contributed by atoms with Crippen LogP contribution in [0.2, 0.25) is 0 Å². The van der Waals surface area contributed by atoms with Crippen molar-refractivity contribution in [3.05, 3.63) is 34.2 Å². The van der Waals surface area contributed by atoms with Crippen LogP contribution in [0.3, 0.4) is 0 Å². The maximum Gasteiger partial charge on any atom is 0.250 e. The number of nitrogens with zero attached hydrogens (tertiary/aromatic N) is 2. The molecule has 0 radical (unpaired) electrons. The molecular formula is C23H40N4O2. The number of rotatable bonds is 12. The lowest BCUT2D eigenvalue weighted by atomic mass is 9.83. The smallest absolute Gasteiger partial charge is 0.250 e. The van der Waals surface area contributed by atoms with E-state index in [1.54, 1.807) is 6.07 Å². The van der Waals surface area contributed by atoms with Gasteiger partial charge in [0.2, 0.25) is 0 Å². The van der Waals surface area contributed by atoms with Gasteiger partial charge in [-0.15, -0.1) is 0 Å². The summed E-state index contributed by atoms with van der Waals surface area (Å²) in [6, 6.07) is 5.44. The van der Waals surface area contributed by atoms with Crippen molar-refractivity contribution in [1.29, 1.82) is 0 Å². The highest BCUT2D eigenvalue weighted by atomic mass is 16.5. The van der Waals surface area contributed by atoms with E-state index in [-0.39, 0.29) is 5.56 Å². The Morgan fingerprint density at radius 2 is 2.00 bits per heavy atom. The molecule has 1 saturated carbocycles. The number of aryl methyl sites for hydroxylation is 1. The van der Waals surface area contributed by atoms with Gasteiger partial charge in [-0.25, -0.2) is 0 Å². The van der Waals surface area contributed by atoms with Crippen LogP contribution in [0.5, 0.6) is 0 Å². The number of unbranched alkanes of at least 4 members (excludes halogenated alkanes) is 1. The Labute approximate surface area is 176 Å². The minimum Gasteiger partial charge on any atom is -0.382 e. The molecule has 1 fully saturated rings. The Bertz CT molecular complexity index is 678. The lowest BCUT2D eigenvalue weighted by Gasteiger charge is -2.27. The largest absolute Gasteiger partial charge is 0.382 e. The van der Waals surface area contributed by atoms with Gasteiger partial charge in [-0.3, -0.25) is 9.79 Å². The SMILES string of the molecule is CCNC(=NCC1(CCOCC)CCCC1)NCCCCn1c(C)cccc1=O.